The summed E-state index contributed by atoms with van der Waals surface area (Å²) in [5.41, 5.74) is 2.66. The summed E-state index contributed by atoms with van der Waals surface area (Å²) in [5.74, 6) is 0. The molecule has 0 N–H and O–H groups in total. The number of thiophene rings is 1. The molecule has 0 aromatic carbocycles. The predicted molar refractivity (Wildman–Crippen MR) is 70.7 cm³/mol. The molecule has 0 amide bonds. The topological polar surface area (TPSA) is 34.9 Å². The van der Waals surface area contributed by atoms with Gasteiger partial charge < -0.3 is 0 Å². The minimum atomic E-state index is 0.322. The van der Waals surface area contributed by atoms with E-state index in [1.54, 1.807) is 11.3 Å². The summed E-state index contributed by atoms with van der Waals surface area (Å²) < 4.78 is 1.89. The third-order valence-electron chi connectivity index (χ3n) is 3.01. The van der Waals surface area contributed by atoms with Crippen molar-refractivity contribution in [1.82, 2.24) is 9.78 Å². The molecule has 2 heterocycles. The highest BCUT2D eigenvalue weighted by Gasteiger charge is 2.15. The van der Waals surface area contributed by atoms with Gasteiger partial charge in [-0.15, -0.1) is 11.3 Å². The van der Waals surface area contributed by atoms with E-state index in [4.69, 9.17) is 0 Å². The molecule has 0 bridgehead atoms. The van der Waals surface area contributed by atoms with Gasteiger partial charge in [-0.3, -0.25) is 9.48 Å². The van der Waals surface area contributed by atoms with Crippen molar-refractivity contribution < 1.29 is 4.79 Å². The minimum absolute atomic E-state index is 0.322. The maximum absolute atomic E-state index is 11.1. The molecule has 2 aromatic heterocycles. The van der Waals surface area contributed by atoms with Gasteiger partial charge in [-0.2, -0.15) is 5.10 Å². The highest BCUT2D eigenvalue weighted by molar-refractivity contribution is 7.13. The number of aromatic nitrogens is 2. The van der Waals surface area contributed by atoms with E-state index in [1.165, 1.54) is 5.56 Å². The van der Waals surface area contributed by atoms with Crippen molar-refractivity contribution in [3.05, 3.63) is 28.8 Å². The van der Waals surface area contributed by atoms with Crippen molar-refractivity contribution in [2.24, 2.45) is 0 Å². The number of aldehydes is 1. The Balaban J connectivity index is 2.50. The van der Waals surface area contributed by atoms with Crippen molar-refractivity contribution in [2.75, 3.05) is 0 Å². The molecule has 3 nitrogen and oxygen atoms in total. The highest BCUT2D eigenvalue weighted by atomic mass is 32.1. The lowest BCUT2D eigenvalue weighted by Gasteiger charge is -2.07. The van der Waals surface area contributed by atoms with Crippen molar-refractivity contribution in [2.45, 2.75) is 33.2 Å². The van der Waals surface area contributed by atoms with Crippen LogP contribution in [0, 0.1) is 6.92 Å². The zero-order valence-corrected chi connectivity index (χ0v) is 11.1. The van der Waals surface area contributed by atoms with Crippen molar-refractivity contribution >= 4 is 17.6 Å². The molecule has 1 unspecified atom stereocenters. The summed E-state index contributed by atoms with van der Waals surface area (Å²) >= 11 is 1.63. The van der Waals surface area contributed by atoms with Crippen molar-refractivity contribution in [3.63, 3.8) is 0 Å². The summed E-state index contributed by atoms with van der Waals surface area (Å²) in [5, 5.41) is 6.58. The third kappa shape index (κ3) is 2.17. The van der Waals surface area contributed by atoms with Crippen LogP contribution in [0.4, 0.5) is 0 Å². The Morgan fingerprint density at radius 1 is 1.59 bits per heavy atom. The first-order chi connectivity index (χ1) is 8.17. The van der Waals surface area contributed by atoms with E-state index in [9.17, 15) is 4.79 Å². The quantitative estimate of drug-likeness (QED) is 0.773. The first-order valence-electron chi connectivity index (χ1n) is 5.76. The molecule has 0 aliphatic carbocycles. The number of rotatable bonds is 4. The molecule has 2 rings (SSSR count). The largest absolute Gasteiger partial charge is 0.298 e. The summed E-state index contributed by atoms with van der Waals surface area (Å²) in [6, 6.07) is 2.37. The summed E-state index contributed by atoms with van der Waals surface area (Å²) in [6.07, 6.45) is 3.73. The highest BCUT2D eigenvalue weighted by Crippen LogP contribution is 2.30. The smallest absolute Gasteiger partial charge is 0.153 e. The summed E-state index contributed by atoms with van der Waals surface area (Å²) in [4.78, 5) is 12.2. The van der Waals surface area contributed by atoms with Gasteiger partial charge in [0.15, 0.2) is 6.29 Å². The molecule has 0 aliphatic heterocycles. The lowest BCUT2D eigenvalue weighted by molar-refractivity contribution is 0.112. The van der Waals surface area contributed by atoms with Gasteiger partial charge in [0, 0.05) is 12.2 Å². The van der Waals surface area contributed by atoms with Crippen LogP contribution in [0.25, 0.3) is 10.6 Å². The number of hydrogen-bond acceptors (Lipinski definition) is 3. The van der Waals surface area contributed by atoms with E-state index >= 15 is 0 Å². The van der Waals surface area contributed by atoms with Crippen LogP contribution < -0.4 is 0 Å². The molecule has 0 aliphatic rings. The van der Waals surface area contributed by atoms with Crippen molar-refractivity contribution in [1.29, 1.82) is 0 Å². The molecular formula is C13H16N2OS. The molecule has 1 atom stereocenters. The Labute approximate surface area is 105 Å². The monoisotopic (exact) mass is 248 g/mol. The first kappa shape index (κ1) is 12.0. The van der Waals surface area contributed by atoms with Crippen LogP contribution in [0.1, 0.15) is 42.2 Å². The van der Waals surface area contributed by atoms with Crippen LogP contribution in [0.2, 0.25) is 0 Å². The second kappa shape index (κ2) is 4.84. The Kier molecular flexibility index (Phi) is 3.43. The second-order valence-corrected chi connectivity index (χ2v) is 5.14. The molecule has 0 radical (unpaired) electrons. The van der Waals surface area contributed by atoms with Crippen LogP contribution in [-0.4, -0.2) is 16.1 Å². The fourth-order valence-corrected chi connectivity index (χ4v) is 2.63. The Morgan fingerprint density at radius 3 is 2.88 bits per heavy atom. The van der Waals surface area contributed by atoms with Crippen LogP contribution in [0.5, 0.6) is 0 Å². The van der Waals surface area contributed by atoms with E-state index in [2.05, 4.69) is 25.0 Å². The molecule has 0 spiro atoms. The van der Waals surface area contributed by atoms with E-state index in [1.807, 2.05) is 23.2 Å². The molecule has 90 valence electrons. The van der Waals surface area contributed by atoms with E-state index in [0.717, 1.165) is 23.3 Å². The Hall–Kier alpha value is -1.42. The third-order valence-corrected chi connectivity index (χ3v) is 4.03. The van der Waals surface area contributed by atoms with Gasteiger partial charge in [0.2, 0.25) is 0 Å². The number of carbonyl (C=O) groups is 1. The molecule has 0 saturated carbocycles. The number of nitrogens with zero attached hydrogens (tertiary/aromatic N) is 2. The van der Waals surface area contributed by atoms with Gasteiger partial charge in [-0.1, -0.05) is 6.92 Å². The van der Waals surface area contributed by atoms with E-state index in [0.29, 0.717) is 11.6 Å². The molecule has 0 saturated heterocycles. The first-order valence-corrected chi connectivity index (χ1v) is 6.64. The minimum Gasteiger partial charge on any atom is -0.298 e. The van der Waals surface area contributed by atoms with Crippen LogP contribution in [0.15, 0.2) is 17.6 Å². The number of aryl methyl sites for hydroxylation is 1. The maximum Gasteiger partial charge on any atom is 0.153 e. The number of hydrogen-bond donors (Lipinski definition) is 0. The average molecular weight is 248 g/mol. The summed E-state index contributed by atoms with van der Waals surface area (Å²) in [6.45, 7) is 6.26. The lowest BCUT2D eigenvalue weighted by atomic mass is 10.2. The Bertz CT molecular complexity index is 527. The van der Waals surface area contributed by atoms with Gasteiger partial charge in [-0.05, 0) is 37.3 Å². The fourth-order valence-electron chi connectivity index (χ4n) is 1.70. The SMILES string of the molecule is CCC(C)n1cc(C=O)c(-c2sccc2C)n1. The maximum atomic E-state index is 11.1. The second-order valence-electron chi connectivity index (χ2n) is 4.22. The number of carbonyl (C=O) groups excluding carboxylic acids is 1. The van der Waals surface area contributed by atoms with Gasteiger partial charge in [0.05, 0.1) is 10.4 Å². The van der Waals surface area contributed by atoms with Gasteiger partial charge in [0.1, 0.15) is 5.69 Å². The average Bonchev–Trinajstić information content (AvgIpc) is 2.93. The molecule has 0 fully saturated rings. The van der Waals surface area contributed by atoms with Crippen LogP contribution in [0.3, 0.4) is 0 Å². The molecule has 17 heavy (non-hydrogen) atoms. The zero-order chi connectivity index (χ0) is 12.4. The van der Waals surface area contributed by atoms with Gasteiger partial charge in [-0.25, -0.2) is 0 Å². The van der Waals surface area contributed by atoms with Crippen LogP contribution >= 0.6 is 11.3 Å². The van der Waals surface area contributed by atoms with E-state index < -0.39 is 0 Å². The molecule has 2 aromatic rings. The standard InChI is InChI=1S/C13H16N2OS/c1-4-10(3)15-7-11(8-16)12(14-15)13-9(2)5-6-17-13/h5-8,10H,4H2,1-3H3. The fraction of sp³-hybridized carbons (Fsp3) is 0.385. The zero-order valence-electron chi connectivity index (χ0n) is 10.3. The normalized spacial score (nSPS) is 12.6. The van der Waals surface area contributed by atoms with Crippen LogP contribution in [-0.2, 0) is 0 Å². The summed E-state index contributed by atoms with van der Waals surface area (Å²) in [7, 11) is 0. The predicted octanol–water partition coefficient (Wildman–Crippen LogP) is 3.70. The van der Waals surface area contributed by atoms with E-state index in [-0.39, 0.29) is 0 Å². The Morgan fingerprint density at radius 2 is 2.35 bits per heavy atom. The van der Waals surface area contributed by atoms with Gasteiger partial charge in [0.25, 0.3) is 0 Å². The molecule has 4 heteroatoms. The van der Waals surface area contributed by atoms with Gasteiger partial charge >= 0.3 is 0 Å². The molecular weight excluding hydrogens is 232 g/mol. The lowest BCUT2D eigenvalue weighted by Crippen LogP contribution is -2.03. The van der Waals surface area contributed by atoms with Crippen molar-refractivity contribution in [3.8, 4) is 10.6 Å².